The van der Waals surface area contributed by atoms with Crippen LogP contribution >= 0.6 is 24.4 Å². The normalized spacial score (nSPS) is 12.2. The number of nitrogens with zero attached hydrogens (tertiary/aromatic N) is 3. The highest BCUT2D eigenvalue weighted by Crippen LogP contribution is 2.32. The van der Waals surface area contributed by atoms with E-state index >= 15 is 0 Å². The number of aromatic amines is 2. The minimum Gasteiger partial charge on any atom is -0.398 e. The third-order valence-corrected chi connectivity index (χ3v) is 8.70. The lowest BCUT2D eigenvalue weighted by Crippen LogP contribution is -2.34. The fourth-order valence-electron chi connectivity index (χ4n) is 5.26. The Morgan fingerprint density at radius 1 is 0.776 bits per heavy atom. The van der Waals surface area contributed by atoms with E-state index in [-0.39, 0.29) is 24.5 Å². The van der Waals surface area contributed by atoms with Gasteiger partial charge in [0.25, 0.3) is 0 Å². The standard InChI is InChI=1S/C17H16F3N5S.C9H7N3S.C8H9F3N2.C4H8O.CH4/c18-17(19,20)12-1-2-14(21)11(7-12)9-25-16(26)24-8-10-3-5-22-15-13(10)4-6-23-15;13-6-10-5-7-1-3-11-9-8(7)2-4-12-9;9-8(10,11)6-1-2-7(13)5(3-6)4-12;1-2-4-5-3-1;/h1-7H,8-9,21H2,(H,22,23)(H2,24,25,26);1-4H,5H2,(H,11,12);1-3H,4,12-13H2;1-4H2;1H4/i;;;;1D. The van der Waals surface area contributed by atoms with Crippen LogP contribution in [0.25, 0.3) is 22.1 Å². The summed E-state index contributed by atoms with van der Waals surface area (Å²) in [7, 11) is 1.25. The summed E-state index contributed by atoms with van der Waals surface area (Å²) >= 11 is 9.71. The number of thiocarbonyl (C=S) groups is 2. The van der Waals surface area contributed by atoms with Gasteiger partial charge in [-0.25, -0.2) is 15.0 Å². The SMILES string of the molecule is C1CCOC1.NCc1cc(C(F)(F)F)ccc1N.Nc1ccc(C(F)(F)F)cc1CNC(=S)NCc1ccnc2[nH]ccc12.S=C=NCc1ccnc2[nH]ccc12.[2H]C. The number of hydrogen-bond acceptors (Lipinski definition) is 9. The molecule has 11 nitrogen and oxygen atoms in total. The monoisotopic (exact) mass is 847 g/mol. The lowest BCUT2D eigenvalue weighted by Gasteiger charge is -2.14. The van der Waals surface area contributed by atoms with Gasteiger partial charge < -0.3 is 42.5 Å². The van der Waals surface area contributed by atoms with Crippen LogP contribution in [-0.2, 0) is 43.3 Å². The zero-order valence-corrected chi connectivity index (χ0v) is 32.9. The van der Waals surface area contributed by atoms with Crippen LogP contribution in [0, 0.1) is 0 Å². The molecule has 310 valence electrons. The van der Waals surface area contributed by atoms with E-state index in [1.54, 1.807) is 18.6 Å². The third-order valence-electron chi connectivity index (χ3n) is 8.28. The van der Waals surface area contributed by atoms with Crippen LogP contribution in [0.15, 0.2) is 90.4 Å². The van der Waals surface area contributed by atoms with Gasteiger partial charge in [0.1, 0.15) is 11.3 Å². The molecular formula is C39H44F6N10OS2. The third kappa shape index (κ3) is 14.1. The Kier molecular flexibility index (Phi) is 17.4. The second-order valence-electron chi connectivity index (χ2n) is 12.2. The molecule has 1 aliphatic heterocycles. The first-order chi connectivity index (χ1) is 28.2. The molecule has 58 heavy (non-hydrogen) atoms. The molecule has 0 atom stereocenters. The van der Waals surface area contributed by atoms with Crippen molar-refractivity contribution in [1.29, 1.82) is 0 Å². The highest BCUT2D eigenvalue weighted by atomic mass is 32.1. The van der Waals surface area contributed by atoms with Gasteiger partial charge in [-0.05, 0) is 120 Å². The number of nitrogen functional groups attached to an aromatic ring is 2. The summed E-state index contributed by atoms with van der Waals surface area (Å²) in [6.45, 7) is 3.13. The maximum atomic E-state index is 12.8. The van der Waals surface area contributed by atoms with Crippen molar-refractivity contribution in [3.63, 3.8) is 0 Å². The molecule has 1 fully saturated rings. The molecule has 7 rings (SSSR count). The molecule has 0 bridgehead atoms. The first-order valence-corrected chi connectivity index (χ1v) is 18.1. The van der Waals surface area contributed by atoms with Gasteiger partial charge in [0.15, 0.2) is 5.11 Å². The van der Waals surface area contributed by atoms with Gasteiger partial charge in [-0.15, -0.1) is 0 Å². The minimum absolute atomic E-state index is 0.00968. The molecule has 0 radical (unpaired) electrons. The Hall–Kier alpha value is -5.59. The van der Waals surface area contributed by atoms with Crippen molar-refractivity contribution < 1.29 is 32.5 Å². The van der Waals surface area contributed by atoms with E-state index in [2.05, 4.69) is 52.9 Å². The fraction of sp³-hybridized carbons (Fsp3) is 0.282. The maximum Gasteiger partial charge on any atom is 0.416 e. The van der Waals surface area contributed by atoms with Gasteiger partial charge in [0, 0.05) is 81.2 Å². The summed E-state index contributed by atoms with van der Waals surface area (Å²) in [5.74, 6) is 0. The molecule has 10 N–H and O–H groups in total. The molecule has 0 amide bonds. The molecule has 0 spiro atoms. The van der Waals surface area contributed by atoms with Crippen molar-refractivity contribution in [2.75, 3.05) is 24.7 Å². The van der Waals surface area contributed by atoms with Crippen molar-refractivity contribution in [1.82, 2.24) is 30.6 Å². The number of rotatable bonds is 7. The van der Waals surface area contributed by atoms with Gasteiger partial charge in [-0.3, -0.25) is 0 Å². The van der Waals surface area contributed by atoms with E-state index < -0.39 is 23.5 Å². The van der Waals surface area contributed by atoms with Crippen LogP contribution in [0.1, 0.15) is 55.0 Å². The van der Waals surface area contributed by atoms with Crippen LogP contribution in [0.4, 0.5) is 37.7 Å². The maximum absolute atomic E-state index is 12.8. The van der Waals surface area contributed by atoms with Gasteiger partial charge in [-0.1, -0.05) is 7.40 Å². The number of aliphatic imine (C=N–C) groups is 1. The summed E-state index contributed by atoms with van der Waals surface area (Å²) in [5.41, 5.74) is 19.9. The Bertz CT molecular complexity index is 2270. The first kappa shape index (κ1) is 45.1. The predicted octanol–water partition coefficient (Wildman–Crippen LogP) is 8.67. The van der Waals surface area contributed by atoms with Crippen LogP contribution in [-0.4, -0.2) is 43.4 Å². The molecule has 6 aromatic rings. The van der Waals surface area contributed by atoms with Crippen LogP contribution in [0.3, 0.4) is 0 Å². The van der Waals surface area contributed by atoms with Gasteiger partial charge in [-0.2, -0.15) is 26.3 Å². The largest absolute Gasteiger partial charge is 0.416 e. The highest BCUT2D eigenvalue weighted by Gasteiger charge is 2.31. The van der Waals surface area contributed by atoms with Crippen molar-refractivity contribution in [3.05, 3.63) is 119 Å². The number of aromatic nitrogens is 4. The zero-order valence-electron chi connectivity index (χ0n) is 32.3. The number of anilines is 2. The Balaban J connectivity index is 0.000000236. The molecule has 4 aromatic heterocycles. The number of H-pyrrole nitrogens is 2. The summed E-state index contributed by atoms with van der Waals surface area (Å²) < 4.78 is 85.6. The number of hydrogen-bond donors (Lipinski definition) is 7. The number of fused-ring (bicyclic) bond motifs is 2. The summed E-state index contributed by atoms with van der Waals surface area (Å²) in [4.78, 5) is 18.3. The van der Waals surface area contributed by atoms with Crippen LogP contribution < -0.4 is 27.8 Å². The average Bonchev–Trinajstić information content (AvgIpc) is 4.04. The summed E-state index contributed by atoms with van der Waals surface area (Å²) in [5, 5.41) is 10.7. The van der Waals surface area contributed by atoms with E-state index in [1.807, 2.05) is 30.5 Å². The second kappa shape index (κ2) is 22.4. The number of nitrogens with one attached hydrogen (secondary N) is 4. The quantitative estimate of drug-likeness (QED) is 0.0356. The van der Waals surface area contributed by atoms with E-state index in [4.69, 9.17) is 35.5 Å². The van der Waals surface area contributed by atoms with Crippen molar-refractivity contribution in [2.45, 2.75) is 58.8 Å². The molecule has 1 saturated heterocycles. The molecule has 5 heterocycles. The number of alkyl halides is 6. The number of halogens is 6. The lowest BCUT2D eigenvalue weighted by molar-refractivity contribution is -0.138. The van der Waals surface area contributed by atoms with Crippen molar-refractivity contribution in [2.24, 2.45) is 10.7 Å². The first-order valence-electron chi connectivity index (χ1n) is 18.3. The molecule has 2 aromatic carbocycles. The average molecular weight is 848 g/mol. The molecule has 19 heteroatoms. The van der Waals surface area contributed by atoms with Gasteiger partial charge in [0.2, 0.25) is 0 Å². The molecular weight excluding hydrogens is 803 g/mol. The molecule has 0 unspecified atom stereocenters. The summed E-state index contributed by atoms with van der Waals surface area (Å²) in [6, 6.07) is 14.1. The van der Waals surface area contributed by atoms with Crippen molar-refractivity contribution in [3.8, 4) is 0 Å². The van der Waals surface area contributed by atoms with E-state index in [0.717, 1.165) is 70.7 Å². The molecule has 0 saturated carbocycles. The zero-order chi connectivity index (χ0) is 43.4. The number of pyridine rings is 2. The fourth-order valence-corrected chi connectivity index (χ4v) is 5.47. The summed E-state index contributed by atoms with van der Waals surface area (Å²) in [6.07, 6.45) is 0.918. The Morgan fingerprint density at radius 3 is 1.74 bits per heavy atom. The number of isothiocyanates is 1. The van der Waals surface area contributed by atoms with E-state index in [1.165, 1.54) is 32.4 Å². The predicted molar refractivity (Wildman–Crippen MR) is 224 cm³/mol. The molecule has 1 aliphatic rings. The van der Waals surface area contributed by atoms with E-state index in [9.17, 15) is 26.3 Å². The van der Waals surface area contributed by atoms with Crippen molar-refractivity contribution >= 4 is 68.2 Å². The van der Waals surface area contributed by atoms with E-state index in [0.29, 0.717) is 29.3 Å². The minimum atomic E-state index is -4.41. The van der Waals surface area contributed by atoms with Gasteiger partial charge >= 0.3 is 12.4 Å². The number of nitrogens with two attached hydrogens (primary N) is 3. The lowest BCUT2D eigenvalue weighted by atomic mass is 10.1. The number of benzene rings is 2. The van der Waals surface area contributed by atoms with Crippen LogP contribution in [0.5, 0.6) is 0 Å². The molecule has 0 aliphatic carbocycles. The topological polar surface area (TPSA) is 181 Å². The number of ether oxygens (including phenoxy) is 1. The highest BCUT2D eigenvalue weighted by molar-refractivity contribution is 7.80. The smallest absolute Gasteiger partial charge is 0.398 e. The second-order valence-corrected chi connectivity index (χ2v) is 12.8. The van der Waals surface area contributed by atoms with Gasteiger partial charge in [0.05, 0.1) is 22.8 Å². The Morgan fingerprint density at radius 2 is 1.26 bits per heavy atom. The Labute approximate surface area is 343 Å². The van der Waals surface area contributed by atoms with Crippen LogP contribution in [0.2, 0.25) is 0 Å².